The molecule has 0 aliphatic carbocycles. The number of ketones is 1. The zero-order valence-electron chi connectivity index (χ0n) is 19.4. The number of Topliss-reactive ketones (excluding diaryl/α,β-unsaturated/α-hetero) is 1. The number of amides is 2. The highest BCUT2D eigenvalue weighted by Crippen LogP contribution is 2.47. The van der Waals surface area contributed by atoms with E-state index in [0.717, 1.165) is 11.1 Å². The van der Waals surface area contributed by atoms with Crippen molar-refractivity contribution in [2.24, 2.45) is 0 Å². The molecule has 2 N–H and O–H groups in total. The van der Waals surface area contributed by atoms with E-state index in [1.807, 2.05) is 80.1 Å². The summed E-state index contributed by atoms with van der Waals surface area (Å²) < 4.78 is 5.30. The molecule has 2 atom stereocenters. The van der Waals surface area contributed by atoms with Crippen molar-refractivity contribution in [1.82, 2.24) is 10.6 Å². The van der Waals surface area contributed by atoms with Crippen molar-refractivity contribution < 1.29 is 19.1 Å². The summed E-state index contributed by atoms with van der Waals surface area (Å²) in [7, 11) is -1.07. The standard InChI is InChI=1S/C25H33BrN2O4S/c1-19(14-15-22(29)18-33(2,3)26)27-24(30)23(16-20-10-6-4-7-11-20)28-25(31)32-17-21-12-8-5-9-13-21/h4-13,19,23H,14-18H2,1-3H3,(H,27,30)(H,28,31). The van der Waals surface area contributed by atoms with Crippen LogP contribution in [0.15, 0.2) is 60.7 Å². The number of carbonyl (C=O) groups excluding carboxylic acids is 3. The predicted octanol–water partition coefficient (Wildman–Crippen LogP) is 4.75. The smallest absolute Gasteiger partial charge is 0.408 e. The molecule has 0 aromatic heterocycles. The maximum absolute atomic E-state index is 13.0. The van der Waals surface area contributed by atoms with E-state index in [0.29, 0.717) is 25.0 Å². The summed E-state index contributed by atoms with van der Waals surface area (Å²) in [5.41, 5.74) is 1.79. The molecule has 0 saturated carbocycles. The third-order valence-electron chi connectivity index (χ3n) is 4.85. The third-order valence-corrected chi connectivity index (χ3v) is 6.55. The van der Waals surface area contributed by atoms with Gasteiger partial charge in [0.25, 0.3) is 0 Å². The van der Waals surface area contributed by atoms with E-state index in [2.05, 4.69) is 25.4 Å². The van der Waals surface area contributed by atoms with E-state index in [9.17, 15) is 14.4 Å². The fraction of sp³-hybridized carbons (Fsp3) is 0.400. The Kier molecular flexibility index (Phi) is 10.9. The van der Waals surface area contributed by atoms with Gasteiger partial charge in [-0.3, -0.25) is 9.59 Å². The maximum Gasteiger partial charge on any atom is 0.408 e. The summed E-state index contributed by atoms with van der Waals surface area (Å²) in [5.74, 6) is 0.386. The molecule has 8 heteroatoms. The molecule has 33 heavy (non-hydrogen) atoms. The van der Waals surface area contributed by atoms with Gasteiger partial charge < -0.3 is 15.4 Å². The van der Waals surface area contributed by atoms with Crippen LogP contribution in [0.25, 0.3) is 0 Å². The van der Waals surface area contributed by atoms with Crippen molar-refractivity contribution in [2.75, 3.05) is 18.3 Å². The van der Waals surface area contributed by atoms with Gasteiger partial charge in [0.1, 0.15) is 18.4 Å². The van der Waals surface area contributed by atoms with Crippen LogP contribution in [0.4, 0.5) is 4.79 Å². The predicted molar refractivity (Wildman–Crippen MR) is 139 cm³/mol. The second kappa shape index (κ2) is 13.4. The number of carbonyl (C=O) groups is 3. The van der Waals surface area contributed by atoms with Crippen molar-refractivity contribution in [3.63, 3.8) is 0 Å². The zero-order valence-corrected chi connectivity index (χ0v) is 21.8. The average Bonchev–Trinajstić information content (AvgIpc) is 2.76. The van der Waals surface area contributed by atoms with Gasteiger partial charge in [0.2, 0.25) is 5.91 Å². The molecule has 2 rings (SSSR count). The summed E-state index contributed by atoms with van der Waals surface area (Å²) in [4.78, 5) is 37.5. The van der Waals surface area contributed by atoms with Gasteiger partial charge in [-0.2, -0.15) is 8.46 Å². The summed E-state index contributed by atoms with van der Waals surface area (Å²) in [6.45, 7) is 1.99. The highest BCUT2D eigenvalue weighted by Gasteiger charge is 2.24. The summed E-state index contributed by atoms with van der Waals surface area (Å²) in [5, 5.41) is 5.63. The molecule has 0 bridgehead atoms. The van der Waals surface area contributed by atoms with Crippen LogP contribution in [-0.2, 0) is 27.4 Å². The summed E-state index contributed by atoms with van der Waals surface area (Å²) in [6, 6.07) is 17.9. The van der Waals surface area contributed by atoms with Gasteiger partial charge in [-0.15, -0.1) is 0 Å². The lowest BCUT2D eigenvalue weighted by atomic mass is 10.0. The second-order valence-corrected chi connectivity index (χ2v) is 16.8. The van der Waals surface area contributed by atoms with Crippen LogP contribution in [0, 0.1) is 0 Å². The van der Waals surface area contributed by atoms with Crippen LogP contribution in [0.5, 0.6) is 0 Å². The first kappa shape index (κ1) is 26.9. The number of rotatable bonds is 12. The van der Waals surface area contributed by atoms with E-state index < -0.39 is 20.6 Å². The molecule has 0 fully saturated rings. The second-order valence-electron chi connectivity index (χ2n) is 8.48. The Balaban J connectivity index is 1.93. The number of hydrogen-bond acceptors (Lipinski definition) is 4. The van der Waals surface area contributed by atoms with Crippen molar-refractivity contribution in [3.05, 3.63) is 71.8 Å². The van der Waals surface area contributed by atoms with Crippen LogP contribution in [0.3, 0.4) is 0 Å². The molecule has 0 heterocycles. The Bertz CT molecular complexity index is 904. The number of ether oxygens (including phenoxy) is 1. The van der Waals surface area contributed by atoms with Gasteiger partial charge in [-0.1, -0.05) is 60.7 Å². The Morgan fingerprint density at radius 3 is 2.09 bits per heavy atom. The monoisotopic (exact) mass is 536 g/mol. The van der Waals surface area contributed by atoms with Crippen molar-refractivity contribution in [3.8, 4) is 0 Å². The van der Waals surface area contributed by atoms with Crippen LogP contribution >= 0.6 is 23.3 Å². The van der Waals surface area contributed by atoms with E-state index >= 15 is 0 Å². The Labute approximate surface area is 205 Å². The van der Waals surface area contributed by atoms with Crippen LogP contribution in [-0.4, -0.2) is 48.1 Å². The highest BCUT2D eigenvalue weighted by atomic mass is 79.9. The number of halogens is 1. The van der Waals surface area contributed by atoms with Gasteiger partial charge in [0, 0.05) is 24.6 Å². The molecular weight excluding hydrogens is 504 g/mol. The van der Waals surface area contributed by atoms with Crippen molar-refractivity contribution in [1.29, 1.82) is 0 Å². The molecule has 2 unspecified atom stereocenters. The Hall–Kier alpha value is -2.32. The van der Waals surface area contributed by atoms with Gasteiger partial charge in [-0.25, -0.2) is 4.79 Å². The lowest BCUT2D eigenvalue weighted by Gasteiger charge is -2.23. The fourth-order valence-corrected chi connectivity index (χ4v) is 4.89. The molecule has 2 aromatic rings. The normalized spacial score (nSPS) is 13.5. The van der Waals surface area contributed by atoms with Gasteiger partial charge in [0.15, 0.2) is 0 Å². The third kappa shape index (κ3) is 11.4. The molecule has 0 radical (unpaired) electrons. The molecule has 2 aromatic carbocycles. The zero-order chi connectivity index (χ0) is 24.3. The first-order valence-electron chi connectivity index (χ1n) is 10.9. The molecular formula is C25H33BrN2O4S. The van der Waals surface area contributed by atoms with Gasteiger partial charge in [-0.05, 0) is 51.8 Å². The first-order chi connectivity index (χ1) is 15.6. The largest absolute Gasteiger partial charge is 0.445 e. The van der Waals surface area contributed by atoms with Gasteiger partial charge >= 0.3 is 6.09 Å². The molecule has 0 spiro atoms. The Morgan fingerprint density at radius 2 is 1.52 bits per heavy atom. The van der Waals surface area contributed by atoms with E-state index in [1.165, 1.54) is 0 Å². The maximum atomic E-state index is 13.0. The molecule has 0 aliphatic heterocycles. The summed E-state index contributed by atoms with van der Waals surface area (Å²) in [6.07, 6.45) is 4.70. The van der Waals surface area contributed by atoms with E-state index in [4.69, 9.17) is 4.74 Å². The SMILES string of the molecule is CC(CCC(=O)CS(C)(C)Br)NC(=O)C(Cc1ccccc1)NC(=O)OCc1ccccc1. The lowest BCUT2D eigenvalue weighted by Crippen LogP contribution is -2.50. The quantitative estimate of drug-likeness (QED) is 0.409. The highest BCUT2D eigenvalue weighted by molar-refractivity contribution is 9.58. The minimum Gasteiger partial charge on any atom is -0.445 e. The summed E-state index contributed by atoms with van der Waals surface area (Å²) >= 11 is 3.57. The van der Waals surface area contributed by atoms with Crippen LogP contribution in [0.2, 0.25) is 0 Å². The minimum absolute atomic E-state index is 0.122. The lowest BCUT2D eigenvalue weighted by molar-refractivity contribution is -0.124. The molecule has 2 amide bonds. The molecule has 0 aliphatic rings. The minimum atomic E-state index is -1.07. The van der Waals surface area contributed by atoms with Crippen LogP contribution in [0.1, 0.15) is 30.9 Å². The molecule has 6 nitrogen and oxygen atoms in total. The van der Waals surface area contributed by atoms with E-state index in [-0.39, 0.29) is 24.3 Å². The average molecular weight is 538 g/mol. The number of nitrogens with one attached hydrogen (secondary N) is 2. The molecule has 0 saturated heterocycles. The topological polar surface area (TPSA) is 84.5 Å². The van der Waals surface area contributed by atoms with Crippen molar-refractivity contribution in [2.45, 2.75) is 44.9 Å². The molecule has 180 valence electrons. The number of alkyl carbamates (subject to hydrolysis) is 1. The first-order valence-corrected chi connectivity index (χ1v) is 15.3. The van der Waals surface area contributed by atoms with Gasteiger partial charge in [0.05, 0.1) is 0 Å². The fourth-order valence-electron chi connectivity index (χ4n) is 3.21. The number of benzene rings is 2. The number of hydrogen-bond donors (Lipinski definition) is 2. The van der Waals surface area contributed by atoms with E-state index in [1.54, 1.807) is 0 Å². The van der Waals surface area contributed by atoms with Crippen LogP contribution < -0.4 is 10.6 Å². The Morgan fingerprint density at radius 1 is 0.939 bits per heavy atom. The van der Waals surface area contributed by atoms with Crippen molar-refractivity contribution >= 4 is 41.1 Å².